The molecule has 0 radical (unpaired) electrons. The number of amides is 1. The predicted molar refractivity (Wildman–Crippen MR) is 103 cm³/mol. The Morgan fingerprint density at radius 2 is 1.96 bits per heavy atom. The van der Waals surface area contributed by atoms with Gasteiger partial charge in [0.25, 0.3) is 5.91 Å². The summed E-state index contributed by atoms with van der Waals surface area (Å²) in [6, 6.07) is 8.02. The second-order valence-electron chi connectivity index (χ2n) is 6.52. The fraction of sp³-hybridized carbons (Fsp3) is 0.450. The van der Waals surface area contributed by atoms with Crippen LogP contribution in [0.1, 0.15) is 41.4 Å². The van der Waals surface area contributed by atoms with E-state index in [1.807, 2.05) is 19.1 Å². The first-order valence-corrected chi connectivity index (χ1v) is 9.24. The van der Waals surface area contributed by atoms with Crippen molar-refractivity contribution in [2.45, 2.75) is 33.1 Å². The Morgan fingerprint density at radius 1 is 1.23 bits per heavy atom. The molecule has 1 N–H and O–H groups in total. The minimum Gasteiger partial charge on any atom is -0.378 e. The van der Waals surface area contributed by atoms with E-state index in [4.69, 9.17) is 4.74 Å². The smallest absolute Gasteiger partial charge is 0.259 e. The van der Waals surface area contributed by atoms with Crippen molar-refractivity contribution in [1.82, 2.24) is 9.97 Å². The quantitative estimate of drug-likeness (QED) is 0.863. The fourth-order valence-electron chi connectivity index (χ4n) is 2.93. The molecule has 1 aliphatic rings. The van der Waals surface area contributed by atoms with E-state index in [1.165, 1.54) is 18.4 Å². The number of carbonyl (C=O) groups is 1. The van der Waals surface area contributed by atoms with Gasteiger partial charge in [-0.25, -0.2) is 9.97 Å². The van der Waals surface area contributed by atoms with E-state index in [0.717, 1.165) is 25.2 Å². The SMILES string of the molecule is CCCCc1ccc(NC(=O)c2cnc(N3CCOCC3)nc2C)cc1. The third-order valence-electron chi connectivity index (χ3n) is 4.54. The zero-order valence-corrected chi connectivity index (χ0v) is 15.5. The molecule has 3 rings (SSSR count). The molecule has 0 bridgehead atoms. The van der Waals surface area contributed by atoms with Gasteiger partial charge >= 0.3 is 0 Å². The normalized spacial score (nSPS) is 14.3. The second kappa shape index (κ2) is 8.76. The third kappa shape index (κ3) is 4.58. The molecule has 1 aromatic heterocycles. The zero-order chi connectivity index (χ0) is 18.4. The van der Waals surface area contributed by atoms with Crippen LogP contribution in [0.15, 0.2) is 30.5 Å². The Labute approximate surface area is 154 Å². The zero-order valence-electron chi connectivity index (χ0n) is 15.5. The first kappa shape index (κ1) is 18.3. The highest BCUT2D eigenvalue weighted by Gasteiger charge is 2.17. The molecular weight excluding hydrogens is 328 g/mol. The van der Waals surface area contributed by atoms with Gasteiger partial charge in [0.05, 0.1) is 24.5 Å². The minimum atomic E-state index is -0.183. The van der Waals surface area contributed by atoms with E-state index in [1.54, 1.807) is 6.20 Å². The Morgan fingerprint density at radius 3 is 2.62 bits per heavy atom. The predicted octanol–water partition coefficient (Wildman–Crippen LogP) is 3.22. The summed E-state index contributed by atoms with van der Waals surface area (Å²) in [4.78, 5) is 23.5. The van der Waals surface area contributed by atoms with Gasteiger partial charge in [0.2, 0.25) is 5.95 Å². The maximum atomic E-state index is 12.6. The molecule has 2 aromatic rings. The number of hydrogen-bond acceptors (Lipinski definition) is 5. The van der Waals surface area contributed by atoms with E-state index < -0.39 is 0 Å². The van der Waals surface area contributed by atoms with Crippen LogP contribution in [0, 0.1) is 6.92 Å². The van der Waals surface area contributed by atoms with Crippen molar-refractivity contribution in [3.63, 3.8) is 0 Å². The van der Waals surface area contributed by atoms with Gasteiger partial charge in [0.1, 0.15) is 0 Å². The molecule has 0 unspecified atom stereocenters. The molecule has 6 heteroatoms. The van der Waals surface area contributed by atoms with Crippen LogP contribution in [0.25, 0.3) is 0 Å². The summed E-state index contributed by atoms with van der Waals surface area (Å²) in [5, 5.41) is 2.93. The summed E-state index contributed by atoms with van der Waals surface area (Å²) in [5.41, 5.74) is 3.25. The molecular formula is C20H26N4O2. The van der Waals surface area contributed by atoms with Crippen LogP contribution in [-0.4, -0.2) is 42.2 Å². The van der Waals surface area contributed by atoms with Crippen LogP contribution in [0.2, 0.25) is 0 Å². The standard InChI is InChI=1S/C20H26N4O2/c1-3-4-5-16-6-8-17(9-7-16)23-19(25)18-14-21-20(22-15(18)2)24-10-12-26-13-11-24/h6-9,14H,3-5,10-13H2,1-2H3,(H,23,25). The number of carbonyl (C=O) groups excluding carboxylic acids is 1. The Balaban J connectivity index is 1.65. The van der Waals surface area contributed by atoms with Crippen molar-refractivity contribution in [2.75, 3.05) is 36.5 Å². The molecule has 1 aromatic carbocycles. The maximum Gasteiger partial charge on any atom is 0.259 e. The lowest BCUT2D eigenvalue weighted by Crippen LogP contribution is -2.37. The number of aromatic nitrogens is 2. The second-order valence-corrected chi connectivity index (χ2v) is 6.52. The molecule has 0 atom stereocenters. The lowest BCUT2D eigenvalue weighted by atomic mass is 10.1. The summed E-state index contributed by atoms with van der Waals surface area (Å²) < 4.78 is 5.35. The topological polar surface area (TPSA) is 67.4 Å². The van der Waals surface area contributed by atoms with Gasteiger partial charge in [-0.15, -0.1) is 0 Å². The van der Waals surface area contributed by atoms with Crippen molar-refractivity contribution >= 4 is 17.5 Å². The summed E-state index contributed by atoms with van der Waals surface area (Å²) >= 11 is 0. The van der Waals surface area contributed by atoms with Gasteiger partial charge in [0, 0.05) is 25.0 Å². The number of aryl methyl sites for hydroxylation is 2. The van der Waals surface area contributed by atoms with Crippen molar-refractivity contribution in [2.24, 2.45) is 0 Å². The highest BCUT2D eigenvalue weighted by atomic mass is 16.5. The number of nitrogens with one attached hydrogen (secondary N) is 1. The molecule has 0 aliphatic carbocycles. The molecule has 26 heavy (non-hydrogen) atoms. The monoisotopic (exact) mass is 354 g/mol. The van der Waals surface area contributed by atoms with Gasteiger partial charge in [-0.2, -0.15) is 0 Å². The van der Waals surface area contributed by atoms with Crippen LogP contribution < -0.4 is 10.2 Å². The fourth-order valence-corrected chi connectivity index (χ4v) is 2.93. The number of unbranched alkanes of at least 4 members (excludes halogenated alkanes) is 1. The van der Waals surface area contributed by atoms with Crippen molar-refractivity contribution in [3.05, 3.63) is 47.3 Å². The largest absolute Gasteiger partial charge is 0.378 e. The van der Waals surface area contributed by atoms with Crippen LogP contribution in [0.3, 0.4) is 0 Å². The maximum absolute atomic E-state index is 12.6. The van der Waals surface area contributed by atoms with E-state index >= 15 is 0 Å². The van der Waals surface area contributed by atoms with Gasteiger partial charge in [-0.1, -0.05) is 25.5 Å². The molecule has 138 valence electrons. The molecule has 6 nitrogen and oxygen atoms in total. The number of hydrogen-bond donors (Lipinski definition) is 1. The van der Waals surface area contributed by atoms with Crippen LogP contribution in [-0.2, 0) is 11.2 Å². The first-order valence-electron chi connectivity index (χ1n) is 9.24. The molecule has 2 heterocycles. The Bertz CT molecular complexity index is 740. The first-order chi connectivity index (χ1) is 12.7. The van der Waals surface area contributed by atoms with E-state index in [0.29, 0.717) is 30.4 Å². The average Bonchev–Trinajstić information content (AvgIpc) is 2.68. The molecule has 0 spiro atoms. The van der Waals surface area contributed by atoms with Gasteiger partial charge < -0.3 is 15.0 Å². The number of rotatable bonds is 6. The highest BCUT2D eigenvalue weighted by molar-refractivity contribution is 6.04. The number of anilines is 2. The van der Waals surface area contributed by atoms with Gasteiger partial charge in [0.15, 0.2) is 0 Å². The third-order valence-corrected chi connectivity index (χ3v) is 4.54. The Hall–Kier alpha value is -2.47. The number of nitrogens with zero attached hydrogens (tertiary/aromatic N) is 3. The molecule has 1 amide bonds. The number of morpholine rings is 1. The average molecular weight is 354 g/mol. The van der Waals surface area contributed by atoms with E-state index in [-0.39, 0.29) is 5.91 Å². The van der Waals surface area contributed by atoms with Gasteiger partial charge in [-0.3, -0.25) is 4.79 Å². The van der Waals surface area contributed by atoms with Crippen LogP contribution in [0.5, 0.6) is 0 Å². The van der Waals surface area contributed by atoms with Crippen LogP contribution >= 0.6 is 0 Å². The molecule has 1 aliphatic heterocycles. The van der Waals surface area contributed by atoms with E-state index in [9.17, 15) is 4.79 Å². The summed E-state index contributed by atoms with van der Waals surface area (Å²) in [6.45, 7) is 6.93. The molecule has 1 fully saturated rings. The summed E-state index contributed by atoms with van der Waals surface area (Å²) in [5.74, 6) is 0.472. The van der Waals surface area contributed by atoms with Gasteiger partial charge in [-0.05, 0) is 37.5 Å². The minimum absolute atomic E-state index is 0.183. The number of ether oxygens (including phenoxy) is 1. The summed E-state index contributed by atoms with van der Waals surface area (Å²) in [7, 11) is 0. The lowest BCUT2D eigenvalue weighted by molar-refractivity contribution is 0.102. The molecule has 1 saturated heterocycles. The van der Waals surface area contributed by atoms with E-state index in [2.05, 4.69) is 39.2 Å². The van der Waals surface area contributed by atoms with Crippen molar-refractivity contribution in [1.29, 1.82) is 0 Å². The highest BCUT2D eigenvalue weighted by Crippen LogP contribution is 2.16. The molecule has 0 saturated carbocycles. The van der Waals surface area contributed by atoms with Crippen LogP contribution in [0.4, 0.5) is 11.6 Å². The Kier molecular flexibility index (Phi) is 6.17. The lowest BCUT2D eigenvalue weighted by Gasteiger charge is -2.27. The van der Waals surface area contributed by atoms with Crippen molar-refractivity contribution < 1.29 is 9.53 Å². The summed E-state index contributed by atoms with van der Waals surface area (Å²) in [6.07, 6.45) is 5.04. The van der Waals surface area contributed by atoms with Crippen molar-refractivity contribution in [3.8, 4) is 0 Å². The number of benzene rings is 1.